The number of carbonyl (C=O) groups is 1. The normalized spacial score (nSPS) is 23.9. The molecule has 82 valence electrons. The first-order valence-corrected chi connectivity index (χ1v) is 5.65. The van der Waals surface area contributed by atoms with Gasteiger partial charge in [0.25, 0.3) is 0 Å². The van der Waals surface area contributed by atoms with Crippen LogP contribution in [0.5, 0.6) is 0 Å². The molecule has 1 heterocycles. The van der Waals surface area contributed by atoms with Gasteiger partial charge in [0.05, 0.1) is 0 Å². The lowest BCUT2D eigenvalue weighted by atomic mass is 10.1. The van der Waals surface area contributed by atoms with E-state index in [-0.39, 0.29) is 0 Å². The van der Waals surface area contributed by atoms with Crippen LogP contribution in [0.25, 0.3) is 0 Å². The molecule has 2 N–H and O–H groups in total. The van der Waals surface area contributed by atoms with Crippen LogP contribution < -0.4 is 5.73 Å². The summed E-state index contributed by atoms with van der Waals surface area (Å²) < 4.78 is 0. The van der Waals surface area contributed by atoms with Gasteiger partial charge in [-0.3, -0.25) is 4.79 Å². The third-order valence-electron chi connectivity index (χ3n) is 3.14. The molecular weight excluding hydrogens is 176 g/mol. The van der Waals surface area contributed by atoms with Crippen molar-refractivity contribution in [1.82, 2.24) is 4.90 Å². The Morgan fingerprint density at radius 1 is 1.64 bits per heavy atom. The second-order valence-corrected chi connectivity index (χ2v) is 4.45. The molecule has 1 aliphatic heterocycles. The Morgan fingerprint density at radius 2 is 2.36 bits per heavy atom. The van der Waals surface area contributed by atoms with Gasteiger partial charge in [-0.2, -0.15) is 0 Å². The Balaban J connectivity index is 2.32. The van der Waals surface area contributed by atoms with E-state index in [1.807, 2.05) is 11.8 Å². The summed E-state index contributed by atoms with van der Waals surface area (Å²) >= 11 is 0. The summed E-state index contributed by atoms with van der Waals surface area (Å²) in [6.45, 7) is 6.75. The highest BCUT2D eigenvalue weighted by Crippen LogP contribution is 2.20. The molecule has 0 aromatic carbocycles. The zero-order chi connectivity index (χ0) is 10.6. The van der Waals surface area contributed by atoms with Gasteiger partial charge in [-0.1, -0.05) is 20.3 Å². The number of hydrogen-bond acceptors (Lipinski definition) is 2. The number of nitrogens with zero attached hydrogens (tertiary/aromatic N) is 1. The number of amides is 1. The fourth-order valence-corrected chi connectivity index (χ4v) is 1.90. The van der Waals surface area contributed by atoms with E-state index in [9.17, 15) is 4.79 Å². The first-order valence-electron chi connectivity index (χ1n) is 5.65. The molecule has 0 saturated carbocycles. The number of nitrogens with two attached hydrogens (primary N) is 1. The number of hydrogen-bond donors (Lipinski definition) is 1. The largest absolute Gasteiger partial charge is 0.342 e. The number of rotatable bonds is 4. The molecule has 0 aromatic heterocycles. The van der Waals surface area contributed by atoms with E-state index in [1.165, 1.54) is 12.8 Å². The second-order valence-electron chi connectivity index (χ2n) is 4.45. The molecule has 0 radical (unpaired) electrons. The summed E-state index contributed by atoms with van der Waals surface area (Å²) in [6, 6.07) is 0. The Bertz CT molecular complexity index is 194. The minimum atomic E-state index is 0.291. The number of likely N-dealkylation sites (tertiary alicyclic amines) is 1. The minimum Gasteiger partial charge on any atom is -0.342 e. The van der Waals surface area contributed by atoms with Crippen LogP contribution in [0, 0.1) is 11.8 Å². The van der Waals surface area contributed by atoms with Crippen molar-refractivity contribution in [3.8, 4) is 0 Å². The van der Waals surface area contributed by atoms with Crippen molar-refractivity contribution in [2.24, 2.45) is 17.6 Å². The molecule has 0 spiro atoms. The molecule has 1 amide bonds. The minimum absolute atomic E-state index is 0.291. The van der Waals surface area contributed by atoms with Gasteiger partial charge >= 0.3 is 0 Å². The van der Waals surface area contributed by atoms with Crippen LogP contribution >= 0.6 is 0 Å². The summed E-state index contributed by atoms with van der Waals surface area (Å²) in [5, 5.41) is 0. The van der Waals surface area contributed by atoms with Gasteiger partial charge in [-0.05, 0) is 24.8 Å². The predicted molar refractivity (Wildman–Crippen MR) is 57.8 cm³/mol. The Morgan fingerprint density at radius 3 is 2.86 bits per heavy atom. The monoisotopic (exact) mass is 198 g/mol. The van der Waals surface area contributed by atoms with Crippen molar-refractivity contribution < 1.29 is 4.79 Å². The highest BCUT2D eigenvalue weighted by Gasteiger charge is 2.25. The maximum atomic E-state index is 11.7. The molecule has 0 bridgehead atoms. The molecule has 0 aromatic rings. The molecule has 3 heteroatoms. The smallest absolute Gasteiger partial charge is 0.222 e. The zero-order valence-corrected chi connectivity index (χ0v) is 9.33. The summed E-state index contributed by atoms with van der Waals surface area (Å²) in [7, 11) is 0. The lowest BCUT2D eigenvalue weighted by Gasteiger charge is -2.18. The average Bonchev–Trinajstić information content (AvgIpc) is 2.65. The summed E-state index contributed by atoms with van der Waals surface area (Å²) in [5.74, 6) is 1.34. The fraction of sp³-hybridized carbons (Fsp3) is 0.909. The average molecular weight is 198 g/mol. The lowest BCUT2D eigenvalue weighted by Crippen LogP contribution is -2.31. The van der Waals surface area contributed by atoms with E-state index in [0.29, 0.717) is 24.8 Å². The topological polar surface area (TPSA) is 46.3 Å². The van der Waals surface area contributed by atoms with Crippen LogP contribution in [0.15, 0.2) is 0 Å². The van der Waals surface area contributed by atoms with Crippen molar-refractivity contribution in [2.45, 2.75) is 33.1 Å². The zero-order valence-electron chi connectivity index (χ0n) is 9.33. The van der Waals surface area contributed by atoms with Crippen LogP contribution in [0.2, 0.25) is 0 Å². The third kappa shape index (κ3) is 2.98. The highest BCUT2D eigenvalue weighted by molar-refractivity contribution is 5.76. The van der Waals surface area contributed by atoms with Gasteiger partial charge in [0.1, 0.15) is 0 Å². The van der Waals surface area contributed by atoms with E-state index in [2.05, 4.69) is 6.92 Å². The molecule has 14 heavy (non-hydrogen) atoms. The quantitative estimate of drug-likeness (QED) is 0.738. The summed E-state index contributed by atoms with van der Waals surface area (Å²) in [6.07, 6.45) is 2.99. The lowest BCUT2D eigenvalue weighted by molar-refractivity contribution is -0.131. The Labute approximate surface area is 86.6 Å². The molecule has 3 nitrogen and oxygen atoms in total. The van der Waals surface area contributed by atoms with Crippen LogP contribution in [0.3, 0.4) is 0 Å². The van der Waals surface area contributed by atoms with E-state index in [0.717, 1.165) is 19.0 Å². The van der Waals surface area contributed by atoms with Crippen LogP contribution in [0.1, 0.15) is 33.1 Å². The molecule has 1 aliphatic rings. The van der Waals surface area contributed by atoms with Crippen LogP contribution in [-0.4, -0.2) is 30.4 Å². The van der Waals surface area contributed by atoms with Gasteiger partial charge in [0, 0.05) is 19.5 Å². The van der Waals surface area contributed by atoms with Crippen molar-refractivity contribution in [3.05, 3.63) is 0 Å². The standard InChI is InChI=1S/C11H22N2O/c1-3-10-4-5-13(8-10)11(14)6-9(2)7-12/h9-10H,3-8,12H2,1-2H3. The van der Waals surface area contributed by atoms with Gasteiger partial charge in [0.2, 0.25) is 5.91 Å². The van der Waals surface area contributed by atoms with Crippen molar-refractivity contribution in [2.75, 3.05) is 19.6 Å². The molecule has 1 fully saturated rings. The van der Waals surface area contributed by atoms with Crippen LogP contribution in [0.4, 0.5) is 0 Å². The Hall–Kier alpha value is -0.570. The summed E-state index contributed by atoms with van der Waals surface area (Å²) in [5.41, 5.74) is 5.50. The van der Waals surface area contributed by atoms with Gasteiger partial charge in [-0.15, -0.1) is 0 Å². The molecule has 2 unspecified atom stereocenters. The summed E-state index contributed by atoms with van der Waals surface area (Å²) in [4.78, 5) is 13.7. The molecule has 0 aliphatic carbocycles. The first-order chi connectivity index (χ1) is 6.67. The predicted octanol–water partition coefficient (Wildman–Crippen LogP) is 1.23. The van der Waals surface area contributed by atoms with Crippen molar-refractivity contribution in [1.29, 1.82) is 0 Å². The van der Waals surface area contributed by atoms with Crippen molar-refractivity contribution in [3.63, 3.8) is 0 Å². The fourth-order valence-electron chi connectivity index (χ4n) is 1.90. The number of carbonyl (C=O) groups excluding carboxylic acids is 1. The van der Waals surface area contributed by atoms with E-state index in [1.54, 1.807) is 0 Å². The van der Waals surface area contributed by atoms with Gasteiger partial charge in [-0.25, -0.2) is 0 Å². The molecule has 1 rings (SSSR count). The molecule has 1 saturated heterocycles. The van der Waals surface area contributed by atoms with Gasteiger partial charge < -0.3 is 10.6 Å². The highest BCUT2D eigenvalue weighted by atomic mass is 16.2. The molecular formula is C11H22N2O. The van der Waals surface area contributed by atoms with Crippen molar-refractivity contribution >= 4 is 5.91 Å². The second kappa shape index (κ2) is 5.35. The first kappa shape index (κ1) is 11.5. The van der Waals surface area contributed by atoms with Gasteiger partial charge in [0.15, 0.2) is 0 Å². The molecule has 2 atom stereocenters. The van der Waals surface area contributed by atoms with E-state index in [4.69, 9.17) is 5.73 Å². The van der Waals surface area contributed by atoms with Crippen LogP contribution in [-0.2, 0) is 4.79 Å². The third-order valence-corrected chi connectivity index (χ3v) is 3.14. The SMILES string of the molecule is CCC1CCN(C(=O)CC(C)CN)C1. The maximum Gasteiger partial charge on any atom is 0.222 e. The Kier molecular flexibility index (Phi) is 4.39. The maximum absolute atomic E-state index is 11.7. The van der Waals surface area contributed by atoms with E-state index < -0.39 is 0 Å². The van der Waals surface area contributed by atoms with E-state index >= 15 is 0 Å².